The molecular formula is C12H17N3S2. The highest BCUT2D eigenvalue weighted by atomic mass is 32.1. The molecule has 0 aromatic carbocycles. The van der Waals surface area contributed by atoms with Crippen LogP contribution in [-0.2, 0) is 13.0 Å². The van der Waals surface area contributed by atoms with Gasteiger partial charge in [0.1, 0.15) is 5.01 Å². The second-order valence-electron chi connectivity index (χ2n) is 3.98. The van der Waals surface area contributed by atoms with Crippen LogP contribution in [0.4, 0.5) is 0 Å². The second-order valence-corrected chi connectivity index (χ2v) is 6.19. The summed E-state index contributed by atoms with van der Waals surface area (Å²) in [5.74, 6) is 0. The van der Waals surface area contributed by atoms with Crippen LogP contribution in [0.1, 0.15) is 40.5 Å². The molecule has 2 heterocycles. The largest absolute Gasteiger partial charge is 0.302 e. The average Bonchev–Trinajstić information content (AvgIpc) is 2.94. The fourth-order valence-electron chi connectivity index (χ4n) is 1.52. The summed E-state index contributed by atoms with van der Waals surface area (Å²) in [5, 5.41) is 7.85. The van der Waals surface area contributed by atoms with E-state index in [1.54, 1.807) is 22.7 Å². The van der Waals surface area contributed by atoms with Crippen LogP contribution in [0.3, 0.4) is 0 Å². The fraction of sp³-hybridized carbons (Fsp3) is 0.500. The number of rotatable bonds is 5. The van der Waals surface area contributed by atoms with Crippen LogP contribution >= 0.6 is 22.7 Å². The first-order valence-corrected chi connectivity index (χ1v) is 7.47. The van der Waals surface area contributed by atoms with Crippen molar-refractivity contribution in [3.8, 4) is 0 Å². The third-order valence-electron chi connectivity index (χ3n) is 2.55. The van der Waals surface area contributed by atoms with Crippen molar-refractivity contribution >= 4 is 22.7 Å². The summed E-state index contributed by atoms with van der Waals surface area (Å²) < 4.78 is 0. The van der Waals surface area contributed by atoms with E-state index in [0.29, 0.717) is 6.04 Å². The lowest BCUT2D eigenvalue weighted by Gasteiger charge is -2.09. The van der Waals surface area contributed by atoms with E-state index in [1.807, 2.05) is 13.1 Å². The summed E-state index contributed by atoms with van der Waals surface area (Å²) in [5.41, 5.74) is 1.12. The molecule has 1 N–H and O–H groups in total. The van der Waals surface area contributed by atoms with Crippen LogP contribution in [0.25, 0.3) is 0 Å². The molecule has 0 aliphatic carbocycles. The van der Waals surface area contributed by atoms with Crippen molar-refractivity contribution < 1.29 is 0 Å². The Morgan fingerprint density at radius 2 is 2.29 bits per heavy atom. The molecule has 2 rings (SSSR count). The quantitative estimate of drug-likeness (QED) is 0.903. The Hall–Kier alpha value is -0.780. The highest BCUT2D eigenvalue weighted by Gasteiger charge is 2.10. The van der Waals surface area contributed by atoms with Crippen molar-refractivity contribution in [1.29, 1.82) is 0 Å². The number of aromatic nitrogens is 2. The van der Waals surface area contributed by atoms with E-state index in [4.69, 9.17) is 0 Å². The van der Waals surface area contributed by atoms with Crippen molar-refractivity contribution in [2.75, 3.05) is 0 Å². The maximum atomic E-state index is 4.44. The maximum absolute atomic E-state index is 4.44. The van der Waals surface area contributed by atoms with Crippen molar-refractivity contribution in [3.63, 3.8) is 0 Å². The van der Waals surface area contributed by atoms with E-state index in [-0.39, 0.29) is 0 Å². The van der Waals surface area contributed by atoms with E-state index in [1.165, 1.54) is 4.88 Å². The Kier molecular flexibility index (Phi) is 4.25. The standard InChI is InChI=1S/C12H17N3S2/c1-4-11-6-14-12(17-11)8(2)13-5-10-7-16-9(3)15-10/h6-8,13H,4-5H2,1-3H3. The molecule has 0 saturated carbocycles. The smallest absolute Gasteiger partial charge is 0.109 e. The first-order valence-electron chi connectivity index (χ1n) is 5.78. The number of hydrogen-bond acceptors (Lipinski definition) is 5. The molecule has 0 saturated heterocycles. The predicted octanol–water partition coefficient (Wildman–Crippen LogP) is 3.32. The lowest BCUT2D eigenvalue weighted by Crippen LogP contribution is -2.18. The Bertz CT molecular complexity index is 476. The molecule has 0 radical (unpaired) electrons. The number of aryl methyl sites for hydroxylation is 2. The molecule has 0 fully saturated rings. The van der Waals surface area contributed by atoms with Crippen molar-refractivity contribution in [2.45, 2.75) is 39.8 Å². The van der Waals surface area contributed by atoms with Gasteiger partial charge in [0.05, 0.1) is 16.7 Å². The van der Waals surface area contributed by atoms with Gasteiger partial charge in [-0.3, -0.25) is 0 Å². The van der Waals surface area contributed by atoms with Crippen molar-refractivity contribution in [1.82, 2.24) is 15.3 Å². The van der Waals surface area contributed by atoms with Crippen LogP contribution in [0.15, 0.2) is 11.6 Å². The third-order valence-corrected chi connectivity index (χ3v) is 4.69. The zero-order chi connectivity index (χ0) is 12.3. The normalized spacial score (nSPS) is 12.9. The van der Waals surface area contributed by atoms with Gasteiger partial charge in [-0.05, 0) is 20.3 Å². The molecule has 0 aliphatic heterocycles. The third kappa shape index (κ3) is 3.34. The number of thiazole rings is 2. The molecule has 0 aliphatic rings. The number of nitrogens with one attached hydrogen (secondary N) is 1. The lowest BCUT2D eigenvalue weighted by atomic mass is 10.3. The van der Waals surface area contributed by atoms with Gasteiger partial charge in [-0.25, -0.2) is 9.97 Å². The molecule has 2 aromatic heterocycles. The highest BCUT2D eigenvalue weighted by Crippen LogP contribution is 2.20. The summed E-state index contributed by atoms with van der Waals surface area (Å²) in [6.07, 6.45) is 3.04. The molecule has 0 spiro atoms. The van der Waals surface area contributed by atoms with E-state index >= 15 is 0 Å². The zero-order valence-electron chi connectivity index (χ0n) is 10.4. The maximum Gasteiger partial charge on any atom is 0.109 e. The van der Waals surface area contributed by atoms with Gasteiger partial charge in [-0.15, -0.1) is 22.7 Å². The van der Waals surface area contributed by atoms with Crippen LogP contribution in [-0.4, -0.2) is 9.97 Å². The molecule has 1 atom stereocenters. The average molecular weight is 267 g/mol. The van der Waals surface area contributed by atoms with Gasteiger partial charge in [-0.1, -0.05) is 6.92 Å². The molecule has 1 unspecified atom stereocenters. The van der Waals surface area contributed by atoms with Crippen LogP contribution in [0.2, 0.25) is 0 Å². The van der Waals surface area contributed by atoms with Crippen LogP contribution < -0.4 is 5.32 Å². The fourth-order valence-corrected chi connectivity index (χ4v) is 3.02. The molecule has 0 bridgehead atoms. The van der Waals surface area contributed by atoms with Crippen LogP contribution in [0, 0.1) is 6.92 Å². The number of hydrogen-bond donors (Lipinski definition) is 1. The first kappa shape index (κ1) is 12.7. The Labute approximate surface area is 110 Å². The molecule has 17 heavy (non-hydrogen) atoms. The molecule has 3 nitrogen and oxygen atoms in total. The summed E-state index contributed by atoms with van der Waals surface area (Å²) in [7, 11) is 0. The van der Waals surface area contributed by atoms with Gasteiger partial charge >= 0.3 is 0 Å². The van der Waals surface area contributed by atoms with Gasteiger partial charge in [0.2, 0.25) is 0 Å². The summed E-state index contributed by atoms with van der Waals surface area (Å²) in [6.45, 7) is 7.16. The Morgan fingerprint density at radius 3 is 2.88 bits per heavy atom. The SMILES string of the molecule is CCc1cnc(C(C)NCc2csc(C)n2)s1. The van der Waals surface area contributed by atoms with Crippen LogP contribution in [0.5, 0.6) is 0 Å². The minimum atomic E-state index is 0.294. The van der Waals surface area contributed by atoms with Gasteiger partial charge in [0.25, 0.3) is 0 Å². The zero-order valence-corrected chi connectivity index (χ0v) is 12.0. The van der Waals surface area contributed by atoms with E-state index in [9.17, 15) is 0 Å². The van der Waals surface area contributed by atoms with Gasteiger partial charge in [-0.2, -0.15) is 0 Å². The lowest BCUT2D eigenvalue weighted by molar-refractivity contribution is 0.566. The summed E-state index contributed by atoms with van der Waals surface area (Å²) in [6, 6.07) is 0.294. The molecule has 5 heteroatoms. The monoisotopic (exact) mass is 267 g/mol. The molecule has 92 valence electrons. The van der Waals surface area contributed by atoms with E-state index in [0.717, 1.165) is 28.7 Å². The second kappa shape index (κ2) is 5.71. The molecule has 2 aromatic rings. The molecular weight excluding hydrogens is 250 g/mol. The van der Waals surface area contributed by atoms with Gasteiger partial charge in [0.15, 0.2) is 0 Å². The number of nitrogens with zero attached hydrogens (tertiary/aromatic N) is 2. The minimum Gasteiger partial charge on any atom is -0.302 e. The first-order chi connectivity index (χ1) is 8.19. The van der Waals surface area contributed by atoms with Crippen molar-refractivity contribution in [2.24, 2.45) is 0 Å². The predicted molar refractivity (Wildman–Crippen MR) is 73.6 cm³/mol. The Balaban J connectivity index is 1.90. The molecule has 0 amide bonds. The Morgan fingerprint density at radius 1 is 1.47 bits per heavy atom. The summed E-state index contributed by atoms with van der Waals surface area (Å²) in [4.78, 5) is 10.2. The minimum absolute atomic E-state index is 0.294. The van der Waals surface area contributed by atoms with Gasteiger partial charge < -0.3 is 5.32 Å². The van der Waals surface area contributed by atoms with Gasteiger partial charge in [0, 0.05) is 23.0 Å². The highest BCUT2D eigenvalue weighted by molar-refractivity contribution is 7.11. The van der Waals surface area contributed by atoms with E-state index in [2.05, 4.69) is 34.5 Å². The van der Waals surface area contributed by atoms with E-state index < -0.39 is 0 Å². The summed E-state index contributed by atoms with van der Waals surface area (Å²) >= 11 is 3.49. The van der Waals surface area contributed by atoms with Crippen molar-refractivity contribution in [3.05, 3.63) is 32.2 Å². The topological polar surface area (TPSA) is 37.8 Å².